The zero-order valence-electron chi connectivity index (χ0n) is 6.41. The minimum Gasteiger partial charge on any atom is -0.478 e. The lowest BCUT2D eigenvalue weighted by Gasteiger charge is -2.26. The molecule has 1 saturated heterocycles. The van der Waals surface area contributed by atoms with Crippen LogP contribution in [-0.2, 0) is 0 Å². The number of nitrogens with zero attached hydrogens (tertiary/aromatic N) is 1. The molecule has 3 nitrogen and oxygen atoms in total. The van der Waals surface area contributed by atoms with Crippen molar-refractivity contribution < 1.29 is 4.74 Å². The van der Waals surface area contributed by atoms with Gasteiger partial charge in [-0.1, -0.05) is 0 Å². The average molecular weight is 180 g/mol. The van der Waals surface area contributed by atoms with Crippen LogP contribution in [0.4, 0.5) is 0 Å². The van der Waals surface area contributed by atoms with Gasteiger partial charge in [-0.25, -0.2) is 0 Å². The van der Waals surface area contributed by atoms with Gasteiger partial charge in [0.05, 0.1) is 5.56 Å². The fourth-order valence-electron chi connectivity index (χ4n) is 0.947. The lowest BCUT2D eigenvalue weighted by atomic mass is 10.2. The SMILES string of the molecule is N#Cc1csc(OC2CNC2)c1. The van der Waals surface area contributed by atoms with E-state index in [0.717, 1.165) is 18.2 Å². The molecule has 0 amide bonds. The van der Waals surface area contributed by atoms with Gasteiger partial charge < -0.3 is 10.1 Å². The van der Waals surface area contributed by atoms with Crippen LogP contribution in [0.5, 0.6) is 5.06 Å². The Hall–Kier alpha value is -1.05. The molecule has 2 rings (SSSR count). The van der Waals surface area contributed by atoms with Crippen molar-refractivity contribution in [2.24, 2.45) is 0 Å². The molecule has 1 aliphatic heterocycles. The fraction of sp³-hybridized carbons (Fsp3) is 0.375. The maximum Gasteiger partial charge on any atom is 0.175 e. The van der Waals surface area contributed by atoms with E-state index in [0.29, 0.717) is 11.7 Å². The molecule has 0 radical (unpaired) electrons. The quantitative estimate of drug-likeness (QED) is 0.737. The van der Waals surface area contributed by atoms with Crippen molar-refractivity contribution in [2.75, 3.05) is 13.1 Å². The van der Waals surface area contributed by atoms with Crippen LogP contribution in [0.15, 0.2) is 11.4 Å². The van der Waals surface area contributed by atoms with Gasteiger partial charge in [0.15, 0.2) is 5.06 Å². The van der Waals surface area contributed by atoms with Crippen molar-refractivity contribution in [1.82, 2.24) is 5.32 Å². The molecule has 1 fully saturated rings. The summed E-state index contributed by atoms with van der Waals surface area (Å²) in [6.07, 6.45) is 0.301. The van der Waals surface area contributed by atoms with Crippen molar-refractivity contribution in [2.45, 2.75) is 6.10 Å². The highest BCUT2D eigenvalue weighted by atomic mass is 32.1. The van der Waals surface area contributed by atoms with E-state index in [1.54, 1.807) is 11.4 Å². The molecule has 12 heavy (non-hydrogen) atoms. The van der Waals surface area contributed by atoms with Gasteiger partial charge in [-0.3, -0.25) is 0 Å². The zero-order valence-corrected chi connectivity index (χ0v) is 7.23. The molecule has 0 atom stereocenters. The number of rotatable bonds is 2. The number of nitriles is 1. The Kier molecular flexibility index (Phi) is 1.98. The van der Waals surface area contributed by atoms with Gasteiger partial charge in [0, 0.05) is 24.5 Å². The minimum atomic E-state index is 0.301. The summed E-state index contributed by atoms with van der Waals surface area (Å²) in [5.74, 6) is 0. The van der Waals surface area contributed by atoms with Crippen LogP contribution in [0.3, 0.4) is 0 Å². The van der Waals surface area contributed by atoms with Crippen LogP contribution in [0.2, 0.25) is 0 Å². The first-order valence-electron chi connectivity index (χ1n) is 3.74. The molecular formula is C8H8N2OS. The lowest BCUT2D eigenvalue weighted by molar-refractivity contribution is 0.147. The number of ether oxygens (including phenoxy) is 1. The standard InChI is InChI=1S/C8H8N2OS/c9-2-6-1-8(12-5-6)11-7-3-10-4-7/h1,5,7,10H,3-4H2. The highest BCUT2D eigenvalue weighted by Gasteiger charge is 2.18. The van der Waals surface area contributed by atoms with Crippen molar-refractivity contribution in [3.05, 3.63) is 17.0 Å². The van der Waals surface area contributed by atoms with Crippen LogP contribution in [-0.4, -0.2) is 19.2 Å². The second kappa shape index (κ2) is 3.13. The highest BCUT2D eigenvalue weighted by molar-refractivity contribution is 7.12. The van der Waals surface area contributed by atoms with Crippen LogP contribution in [0, 0.1) is 11.3 Å². The predicted molar refractivity (Wildman–Crippen MR) is 46.3 cm³/mol. The Bertz CT molecular complexity index is 311. The van der Waals surface area contributed by atoms with E-state index >= 15 is 0 Å². The molecule has 1 N–H and O–H groups in total. The third kappa shape index (κ3) is 1.42. The minimum absolute atomic E-state index is 0.301. The zero-order chi connectivity index (χ0) is 8.39. The second-order valence-electron chi connectivity index (χ2n) is 2.66. The van der Waals surface area contributed by atoms with Gasteiger partial charge in [0.2, 0.25) is 0 Å². The van der Waals surface area contributed by atoms with Gasteiger partial charge in [-0.2, -0.15) is 5.26 Å². The summed E-state index contributed by atoms with van der Waals surface area (Å²) in [6, 6.07) is 3.85. The number of hydrogen-bond acceptors (Lipinski definition) is 4. The highest BCUT2D eigenvalue weighted by Crippen LogP contribution is 2.24. The van der Waals surface area contributed by atoms with E-state index in [9.17, 15) is 0 Å². The smallest absolute Gasteiger partial charge is 0.175 e. The van der Waals surface area contributed by atoms with E-state index in [1.807, 2.05) is 0 Å². The molecule has 0 aliphatic carbocycles. The molecule has 0 unspecified atom stereocenters. The summed E-state index contributed by atoms with van der Waals surface area (Å²) in [5.41, 5.74) is 0.683. The van der Waals surface area contributed by atoms with Crippen LogP contribution >= 0.6 is 11.3 Å². The van der Waals surface area contributed by atoms with E-state index in [-0.39, 0.29) is 0 Å². The molecule has 1 aliphatic rings. The predicted octanol–water partition coefficient (Wildman–Crippen LogP) is 0.970. The molecule has 0 spiro atoms. The molecule has 2 heterocycles. The Balaban J connectivity index is 1.99. The van der Waals surface area contributed by atoms with Crippen molar-refractivity contribution in [3.8, 4) is 11.1 Å². The van der Waals surface area contributed by atoms with Crippen molar-refractivity contribution in [1.29, 1.82) is 5.26 Å². The largest absolute Gasteiger partial charge is 0.478 e. The van der Waals surface area contributed by atoms with Gasteiger partial charge >= 0.3 is 0 Å². The number of nitrogens with one attached hydrogen (secondary N) is 1. The fourth-order valence-corrected chi connectivity index (χ4v) is 1.70. The molecule has 0 aromatic carbocycles. The summed E-state index contributed by atoms with van der Waals surface area (Å²) in [6.45, 7) is 1.83. The first-order valence-corrected chi connectivity index (χ1v) is 4.62. The summed E-state index contributed by atoms with van der Waals surface area (Å²) in [4.78, 5) is 0. The van der Waals surface area contributed by atoms with Crippen molar-refractivity contribution >= 4 is 11.3 Å². The normalized spacial score (nSPS) is 16.6. The summed E-state index contributed by atoms with van der Waals surface area (Å²) >= 11 is 1.48. The van der Waals surface area contributed by atoms with E-state index in [4.69, 9.17) is 10.00 Å². The monoisotopic (exact) mass is 180 g/mol. The number of hydrogen-bond donors (Lipinski definition) is 1. The van der Waals surface area contributed by atoms with Crippen molar-refractivity contribution in [3.63, 3.8) is 0 Å². The van der Waals surface area contributed by atoms with Gasteiger partial charge in [0.1, 0.15) is 12.2 Å². The van der Waals surface area contributed by atoms with E-state index < -0.39 is 0 Å². The van der Waals surface area contributed by atoms with Crippen LogP contribution < -0.4 is 10.1 Å². The number of thiophene rings is 1. The molecule has 0 saturated carbocycles. The summed E-state index contributed by atoms with van der Waals surface area (Å²) < 4.78 is 5.54. The van der Waals surface area contributed by atoms with Gasteiger partial charge in [0.25, 0.3) is 0 Å². The van der Waals surface area contributed by atoms with Gasteiger partial charge in [-0.05, 0) is 0 Å². The average Bonchev–Trinajstić information content (AvgIpc) is 2.44. The van der Waals surface area contributed by atoms with Crippen LogP contribution in [0.25, 0.3) is 0 Å². The first kappa shape index (κ1) is 7.59. The molecule has 4 heteroatoms. The maximum atomic E-state index is 8.54. The Morgan fingerprint density at radius 2 is 2.50 bits per heavy atom. The lowest BCUT2D eigenvalue weighted by Crippen LogP contribution is -2.50. The summed E-state index contributed by atoms with van der Waals surface area (Å²) in [5, 5.41) is 14.3. The molecule has 0 bridgehead atoms. The molecule has 62 valence electrons. The Morgan fingerprint density at radius 3 is 3.00 bits per heavy atom. The second-order valence-corrected chi connectivity index (χ2v) is 3.54. The van der Waals surface area contributed by atoms with E-state index in [1.165, 1.54) is 11.3 Å². The first-order chi connectivity index (χ1) is 5.88. The third-order valence-electron chi connectivity index (χ3n) is 1.73. The Morgan fingerprint density at radius 1 is 1.67 bits per heavy atom. The third-order valence-corrected chi connectivity index (χ3v) is 2.55. The van der Waals surface area contributed by atoms with Crippen LogP contribution in [0.1, 0.15) is 5.56 Å². The summed E-state index contributed by atoms with van der Waals surface area (Å²) in [7, 11) is 0. The Labute approximate surface area is 74.6 Å². The molecule has 1 aromatic rings. The molecular weight excluding hydrogens is 172 g/mol. The van der Waals surface area contributed by atoms with E-state index in [2.05, 4.69) is 11.4 Å². The maximum absolute atomic E-state index is 8.54. The molecule has 1 aromatic heterocycles. The topological polar surface area (TPSA) is 45.0 Å². The van der Waals surface area contributed by atoms with Gasteiger partial charge in [-0.15, -0.1) is 11.3 Å².